The molecule has 33 heavy (non-hydrogen) atoms. The molecule has 0 aliphatic carbocycles. The molecule has 5 aromatic rings. The molecular formula is C21H18N6O3S3. The summed E-state index contributed by atoms with van der Waals surface area (Å²) in [5, 5.41) is 18.2. The summed E-state index contributed by atoms with van der Waals surface area (Å²) in [6, 6.07) is 14.4. The number of rotatable bonds is 5. The summed E-state index contributed by atoms with van der Waals surface area (Å²) in [7, 11) is -3.81. The van der Waals surface area contributed by atoms with E-state index in [4.69, 9.17) is 5.14 Å². The molecule has 9 nitrogen and oxygen atoms in total. The van der Waals surface area contributed by atoms with Crippen molar-refractivity contribution in [2.75, 3.05) is 5.32 Å². The molecule has 3 heterocycles. The number of nitrogens with two attached hydrogens (primary N) is 1. The molecule has 0 saturated carbocycles. The highest BCUT2D eigenvalue weighted by Gasteiger charge is 2.21. The Morgan fingerprint density at radius 1 is 1.18 bits per heavy atom. The van der Waals surface area contributed by atoms with Crippen LogP contribution in [0.25, 0.3) is 26.8 Å². The summed E-state index contributed by atoms with van der Waals surface area (Å²) in [6.07, 6.45) is 0. The molecule has 1 atom stereocenters. The Morgan fingerprint density at radius 2 is 1.97 bits per heavy atom. The van der Waals surface area contributed by atoms with Crippen molar-refractivity contribution >= 4 is 70.9 Å². The number of thioether (sulfide) groups is 1. The van der Waals surface area contributed by atoms with E-state index in [0.717, 1.165) is 22.1 Å². The predicted octanol–water partition coefficient (Wildman–Crippen LogP) is 3.57. The largest absolute Gasteiger partial charge is 0.301 e. The molecule has 0 bridgehead atoms. The van der Waals surface area contributed by atoms with E-state index >= 15 is 0 Å². The number of fused-ring (bicyclic) bond motifs is 4. The van der Waals surface area contributed by atoms with E-state index in [-0.39, 0.29) is 10.8 Å². The number of para-hydroxylation sites is 1. The van der Waals surface area contributed by atoms with Gasteiger partial charge in [-0.05, 0) is 49.7 Å². The number of aryl methyl sites for hydroxylation is 1. The Bertz CT molecular complexity index is 1660. The van der Waals surface area contributed by atoms with Crippen molar-refractivity contribution in [2.24, 2.45) is 5.14 Å². The summed E-state index contributed by atoms with van der Waals surface area (Å²) >= 11 is 2.48. The summed E-state index contributed by atoms with van der Waals surface area (Å²) in [4.78, 5) is 17.2. The zero-order valence-electron chi connectivity index (χ0n) is 17.5. The monoisotopic (exact) mass is 498 g/mol. The fourth-order valence-corrected chi connectivity index (χ4v) is 5.90. The van der Waals surface area contributed by atoms with Crippen LogP contribution in [-0.4, -0.2) is 39.2 Å². The molecule has 0 radical (unpaired) electrons. The number of primary sulfonamides is 1. The van der Waals surface area contributed by atoms with Crippen LogP contribution in [0.15, 0.2) is 58.6 Å². The lowest BCUT2D eigenvalue weighted by atomic mass is 10.1. The minimum Gasteiger partial charge on any atom is -0.301 e. The fraction of sp³-hybridized carbons (Fsp3) is 0.143. The highest BCUT2D eigenvalue weighted by molar-refractivity contribution is 8.00. The fourth-order valence-electron chi connectivity index (χ4n) is 3.51. The molecule has 1 amide bonds. The molecular weight excluding hydrogens is 480 g/mol. The SMILES string of the molecule is Cc1cc2nnc(SC(C)C(=O)Nc3nc4ccc(S(N)(=O)=O)cc4s3)n2c2ccccc12. The summed E-state index contributed by atoms with van der Waals surface area (Å²) in [5.41, 5.74) is 3.38. The highest BCUT2D eigenvalue weighted by atomic mass is 32.2. The van der Waals surface area contributed by atoms with E-state index in [0.29, 0.717) is 20.5 Å². The molecule has 0 saturated heterocycles. The first-order chi connectivity index (χ1) is 15.7. The zero-order chi connectivity index (χ0) is 23.3. The van der Waals surface area contributed by atoms with Crippen molar-refractivity contribution in [1.29, 1.82) is 0 Å². The van der Waals surface area contributed by atoms with E-state index in [1.54, 1.807) is 13.0 Å². The minimum absolute atomic E-state index is 0.00148. The van der Waals surface area contributed by atoms with Gasteiger partial charge in [-0.2, -0.15) is 0 Å². The van der Waals surface area contributed by atoms with Gasteiger partial charge in [-0.1, -0.05) is 41.3 Å². The lowest BCUT2D eigenvalue weighted by Gasteiger charge is -2.11. The van der Waals surface area contributed by atoms with E-state index in [1.807, 2.05) is 41.7 Å². The van der Waals surface area contributed by atoms with E-state index < -0.39 is 15.3 Å². The van der Waals surface area contributed by atoms with Gasteiger partial charge in [0.1, 0.15) is 0 Å². The lowest BCUT2D eigenvalue weighted by Crippen LogP contribution is -2.22. The molecule has 0 aliphatic heterocycles. The normalized spacial score (nSPS) is 13.1. The molecule has 0 spiro atoms. The molecule has 0 aliphatic rings. The minimum atomic E-state index is -3.81. The number of nitrogens with one attached hydrogen (secondary N) is 1. The maximum Gasteiger partial charge on any atom is 0.239 e. The average Bonchev–Trinajstić information content (AvgIpc) is 3.36. The average molecular weight is 499 g/mol. The summed E-state index contributed by atoms with van der Waals surface area (Å²) in [6.45, 7) is 3.81. The van der Waals surface area contributed by atoms with Gasteiger partial charge in [-0.15, -0.1) is 10.2 Å². The van der Waals surface area contributed by atoms with Crippen LogP contribution in [0.3, 0.4) is 0 Å². The van der Waals surface area contributed by atoms with Crippen molar-refractivity contribution in [3.05, 3.63) is 54.1 Å². The van der Waals surface area contributed by atoms with Crippen molar-refractivity contribution in [3.8, 4) is 0 Å². The maximum absolute atomic E-state index is 12.9. The van der Waals surface area contributed by atoms with Gasteiger partial charge in [-0.25, -0.2) is 18.5 Å². The van der Waals surface area contributed by atoms with Gasteiger partial charge in [0.05, 0.1) is 25.9 Å². The number of amides is 1. The molecule has 3 aromatic heterocycles. The van der Waals surface area contributed by atoms with Crippen LogP contribution in [0.5, 0.6) is 0 Å². The van der Waals surface area contributed by atoms with Gasteiger partial charge < -0.3 is 5.32 Å². The highest BCUT2D eigenvalue weighted by Crippen LogP contribution is 2.31. The molecule has 168 valence electrons. The van der Waals surface area contributed by atoms with Crippen molar-refractivity contribution in [3.63, 3.8) is 0 Å². The molecule has 3 N–H and O–H groups in total. The van der Waals surface area contributed by atoms with Crippen LogP contribution in [0.2, 0.25) is 0 Å². The van der Waals surface area contributed by atoms with Gasteiger partial charge >= 0.3 is 0 Å². The first-order valence-electron chi connectivity index (χ1n) is 9.85. The number of pyridine rings is 1. The van der Waals surface area contributed by atoms with Gasteiger partial charge in [-0.3, -0.25) is 9.20 Å². The lowest BCUT2D eigenvalue weighted by molar-refractivity contribution is -0.115. The number of nitrogens with zero attached hydrogens (tertiary/aromatic N) is 4. The van der Waals surface area contributed by atoms with Crippen LogP contribution in [-0.2, 0) is 14.8 Å². The third kappa shape index (κ3) is 4.06. The second-order valence-electron chi connectivity index (χ2n) is 7.46. The molecule has 1 unspecified atom stereocenters. The van der Waals surface area contributed by atoms with Gasteiger partial charge in [0, 0.05) is 5.39 Å². The molecule has 12 heteroatoms. The van der Waals surface area contributed by atoms with Crippen LogP contribution in [0, 0.1) is 6.92 Å². The number of hydrogen-bond acceptors (Lipinski definition) is 8. The summed E-state index contributed by atoms with van der Waals surface area (Å²) in [5.74, 6) is -0.251. The van der Waals surface area contributed by atoms with Crippen molar-refractivity contribution in [2.45, 2.75) is 29.1 Å². The third-order valence-corrected chi connectivity index (χ3v) is 8.03. The first-order valence-corrected chi connectivity index (χ1v) is 13.1. The second-order valence-corrected chi connectivity index (χ2v) is 11.4. The number of carbonyl (C=O) groups excluding carboxylic acids is 1. The first kappa shape index (κ1) is 21.8. The predicted molar refractivity (Wildman–Crippen MR) is 130 cm³/mol. The molecule has 2 aromatic carbocycles. The Balaban J connectivity index is 1.40. The standard InChI is InChI=1S/C21H18N6O3S3/c1-11-9-18-25-26-21(27(18)16-6-4-3-5-14(11)16)31-12(2)19(28)24-20-23-15-8-7-13(33(22,29)30)10-17(15)32-20/h3-10,12H,1-2H3,(H2,22,29,30)(H,23,24,28). The third-order valence-electron chi connectivity index (χ3n) is 5.14. The van der Waals surface area contributed by atoms with Crippen LogP contribution in [0.4, 0.5) is 5.13 Å². The smallest absolute Gasteiger partial charge is 0.239 e. The van der Waals surface area contributed by atoms with Gasteiger partial charge in [0.2, 0.25) is 15.9 Å². The van der Waals surface area contributed by atoms with Crippen LogP contribution < -0.4 is 10.5 Å². The van der Waals surface area contributed by atoms with Crippen LogP contribution in [0.1, 0.15) is 12.5 Å². The number of anilines is 1. The topological polar surface area (TPSA) is 132 Å². The van der Waals surface area contributed by atoms with E-state index in [2.05, 4.69) is 20.5 Å². The number of aromatic nitrogens is 4. The Labute approximate surface area is 197 Å². The summed E-state index contributed by atoms with van der Waals surface area (Å²) < 4.78 is 25.7. The molecule has 5 rings (SSSR count). The van der Waals surface area contributed by atoms with Crippen LogP contribution >= 0.6 is 23.1 Å². The zero-order valence-corrected chi connectivity index (χ0v) is 20.0. The quantitative estimate of drug-likeness (QED) is 0.354. The van der Waals surface area contributed by atoms with Crippen molar-refractivity contribution < 1.29 is 13.2 Å². The number of benzene rings is 2. The number of hydrogen-bond donors (Lipinski definition) is 2. The Kier molecular flexibility index (Phi) is 5.32. The van der Waals surface area contributed by atoms with Gasteiger partial charge in [0.25, 0.3) is 0 Å². The second kappa shape index (κ2) is 8.06. The maximum atomic E-state index is 12.9. The Hall–Kier alpha value is -3.06. The van der Waals surface area contributed by atoms with Gasteiger partial charge in [0.15, 0.2) is 15.9 Å². The Morgan fingerprint density at radius 3 is 2.76 bits per heavy atom. The number of sulfonamides is 1. The number of thiazole rings is 1. The number of carbonyl (C=O) groups is 1. The molecule has 0 fully saturated rings. The van der Waals surface area contributed by atoms with E-state index in [1.165, 1.54) is 35.2 Å². The van der Waals surface area contributed by atoms with E-state index in [9.17, 15) is 13.2 Å². The van der Waals surface area contributed by atoms with Crippen molar-refractivity contribution in [1.82, 2.24) is 19.6 Å².